The van der Waals surface area contributed by atoms with Crippen LogP contribution in [0.1, 0.15) is 18.4 Å². The number of benzene rings is 1. The van der Waals surface area contributed by atoms with E-state index in [1.54, 1.807) is 0 Å². The van der Waals surface area contributed by atoms with Crippen LogP contribution in [0.5, 0.6) is 0 Å². The van der Waals surface area contributed by atoms with E-state index in [4.69, 9.17) is 9.84 Å². The van der Waals surface area contributed by atoms with Crippen LogP contribution >= 0.6 is 0 Å². The molecule has 2 rings (SSSR count). The first kappa shape index (κ1) is 14.5. The van der Waals surface area contributed by atoms with E-state index in [-0.39, 0.29) is 18.3 Å². The number of aliphatic carboxylic acids is 1. The molecule has 0 aliphatic carbocycles. The van der Waals surface area contributed by atoms with Gasteiger partial charge in [0.05, 0.1) is 0 Å². The highest BCUT2D eigenvalue weighted by Crippen LogP contribution is 2.16. The molecular weight excluding hydrogens is 265 g/mol. The van der Waals surface area contributed by atoms with Gasteiger partial charge in [0, 0.05) is 13.2 Å². The van der Waals surface area contributed by atoms with Crippen LogP contribution in [-0.2, 0) is 20.9 Å². The fraction of sp³-hybridized carbons (Fsp3) is 0.429. The number of carboxylic acids is 1. The van der Waals surface area contributed by atoms with Gasteiger partial charge in [-0.3, -0.25) is 9.59 Å². The first-order valence-electron chi connectivity index (χ1n) is 6.43. The molecule has 5 nitrogen and oxygen atoms in total. The number of carbonyl (C=O) groups excluding carboxylic acids is 1. The van der Waals surface area contributed by atoms with Crippen molar-refractivity contribution in [1.29, 1.82) is 0 Å². The molecule has 0 spiro atoms. The Hall–Kier alpha value is -1.95. The summed E-state index contributed by atoms with van der Waals surface area (Å²) in [6.07, 6.45) is 0.849. The van der Waals surface area contributed by atoms with Gasteiger partial charge in [-0.15, -0.1) is 0 Å². The number of amides is 1. The molecule has 1 aliphatic heterocycles. The van der Waals surface area contributed by atoms with Crippen molar-refractivity contribution < 1.29 is 23.8 Å². The fourth-order valence-electron chi connectivity index (χ4n) is 2.16. The van der Waals surface area contributed by atoms with Crippen LogP contribution in [0.15, 0.2) is 24.3 Å². The normalized spacial score (nSPS) is 17.9. The first-order valence-corrected chi connectivity index (χ1v) is 6.43. The highest BCUT2D eigenvalue weighted by atomic mass is 19.1. The lowest BCUT2D eigenvalue weighted by Gasteiger charge is -2.23. The van der Waals surface area contributed by atoms with E-state index in [0.717, 1.165) is 6.42 Å². The summed E-state index contributed by atoms with van der Waals surface area (Å²) in [6.45, 7) is 0.259. The molecule has 1 saturated heterocycles. The minimum Gasteiger partial charge on any atom is -0.480 e. The minimum absolute atomic E-state index is 0.130. The van der Waals surface area contributed by atoms with Crippen molar-refractivity contribution in [3.8, 4) is 0 Å². The number of halogens is 1. The third-order valence-corrected chi connectivity index (χ3v) is 3.13. The molecule has 6 heteroatoms. The summed E-state index contributed by atoms with van der Waals surface area (Å²) < 4.78 is 18.1. The van der Waals surface area contributed by atoms with Gasteiger partial charge >= 0.3 is 5.97 Å². The van der Waals surface area contributed by atoms with Gasteiger partial charge in [0.1, 0.15) is 18.5 Å². The lowest BCUT2D eigenvalue weighted by Crippen LogP contribution is -2.41. The van der Waals surface area contributed by atoms with Crippen LogP contribution in [0, 0.1) is 5.82 Å². The number of carbonyl (C=O) groups is 2. The Balaban J connectivity index is 2.08. The Kier molecular flexibility index (Phi) is 4.68. The van der Waals surface area contributed by atoms with Gasteiger partial charge in [0.25, 0.3) is 5.91 Å². The number of rotatable bonds is 5. The Morgan fingerprint density at radius 1 is 1.35 bits per heavy atom. The molecule has 1 fully saturated rings. The van der Waals surface area contributed by atoms with Crippen LogP contribution in [0.4, 0.5) is 4.39 Å². The maximum Gasteiger partial charge on any atom is 0.323 e. The zero-order valence-corrected chi connectivity index (χ0v) is 10.9. The van der Waals surface area contributed by atoms with E-state index in [2.05, 4.69) is 0 Å². The summed E-state index contributed by atoms with van der Waals surface area (Å²) in [4.78, 5) is 24.3. The second kappa shape index (κ2) is 6.47. The van der Waals surface area contributed by atoms with Crippen LogP contribution in [0.2, 0.25) is 0 Å². The summed E-state index contributed by atoms with van der Waals surface area (Å²) in [6, 6.07) is 5.63. The lowest BCUT2D eigenvalue weighted by atomic mass is 10.1. The summed E-state index contributed by atoms with van der Waals surface area (Å²) >= 11 is 0. The van der Waals surface area contributed by atoms with Gasteiger partial charge in [0.2, 0.25) is 0 Å². The largest absolute Gasteiger partial charge is 0.480 e. The SMILES string of the molecule is O=C(O)CN(Cc1ccc(F)cc1)C(=O)C1CCCO1. The van der Waals surface area contributed by atoms with E-state index in [1.807, 2.05) is 0 Å². The number of carboxylic acid groups (broad SMARTS) is 1. The summed E-state index contributed by atoms with van der Waals surface area (Å²) in [7, 11) is 0. The highest BCUT2D eigenvalue weighted by Gasteiger charge is 2.29. The van der Waals surface area contributed by atoms with Crippen molar-refractivity contribution in [1.82, 2.24) is 4.90 Å². The van der Waals surface area contributed by atoms with Gasteiger partial charge in [-0.1, -0.05) is 12.1 Å². The second-order valence-electron chi connectivity index (χ2n) is 4.72. The van der Waals surface area contributed by atoms with Crippen LogP contribution < -0.4 is 0 Å². The molecule has 1 N–H and O–H groups in total. The predicted octanol–water partition coefficient (Wildman–Crippen LogP) is 1.42. The molecule has 108 valence electrons. The maximum absolute atomic E-state index is 12.8. The predicted molar refractivity (Wildman–Crippen MR) is 68.4 cm³/mol. The molecule has 1 aromatic carbocycles. The standard InChI is InChI=1S/C14H16FNO4/c15-11-5-3-10(4-6-11)8-16(9-13(17)18)14(19)12-2-1-7-20-12/h3-6,12H,1-2,7-9H2,(H,17,18). The number of nitrogens with zero attached hydrogens (tertiary/aromatic N) is 1. The van der Waals surface area contributed by atoms with Crippen molar-refractivity contribution in [2.24, 2.45) is 0 Å². The van der Waals surface area contributed by atoms with Crippen molar-refractivity contribution in [2.75, 3.05) is 13.2 Å². The molecular formula is C14H16FNO4. The second-order valence-corrected chi connectivity index (χ2v) is 4.72. The highest BCUT2D eigenvalue weighted by molar-refractivity contribution is 5.84. The van der Waals surface area contributed by atoms with E-state index in [1.165, 1.54) is 29.2 Å². The van der Waals surface area contributed by atoms with Crippen molar-refractivity contribution in [3.63, 3.8) is 0 Å². The third-order valence-electron chi connectivity index (χ3n) is 3.13. The topological polar surface area (TPSA) is 66.8 Å². The molecule has 20 heavy (non-hydrogen) atoms. The molecule has 0 bridgehead atoms. The summed E-state index contributed by atoms with van der Waals surface area (Å²) in [5.41, 5.74) is 0.680. The van der Waals surface area contributed by atoms with E-state index >= 15 is 0 Å². The molecule has 0 radical (unpaired) electrons. The quantitative estimate of drug-likeness (QED) is 0.886. The molecule has 0 aromatic heterocycles. The molecule has 1 amide bonds. The average molecular weight is 281 g/mol. The Bertz CT molecular complexity index is 482. The van der Waals surface area contributed by atoms with Gasteiger partial charge in [-0.05, 0) is 30.5 Å². The van der Waals surface area contributed by atoms with Crippen LogP contribution in [0.3, 0.4) is 0 Å². The van der Waals surface area contributed by atoms with Crippen molar-refractivity contribution in [2.45, 2.75) is 25.5 Å². The zero-order valence-electron chi connectivity index (χ0n) is 10.9. The van der Waals surface area contributed by atoms with E-state index < -0.39 is 18.6 Å². The Labute approximate surface area is 116 Å². The number of hydrogen-bond donors (Lipinski definition) is 1. The number of ether oxygens (including phenoxy) is 1. The van der Waals surface area contributed by atoms with Crippen LogP contribution in [0.25, 0.3) is 0 Å². The summed E-state index contributed by atoms with van der Waals surface area (Å²) in [5, 5.41) is 8.90. The molecule has 1 heterocycles. The van der Waals surface area contributed by atoms with E-state index in [0.29, 0.717) is 18.6 Å². The smallest absolute Gasteiger partial charge is 0.323 e. The Morgan fingerprint density at radius 2 is 2.05 bits per heavy atom. The molecule has 1 aromatic rings. The monoisotopic (exact) mass is 281 g/mol. The number of hydrogen-bond acceptors (Lipinski definition) is 3. The van der Waals surface area contributed by atoms with Gasteiger partial charge in [-0.2, -0.15) is 0 Å². The zero-order chi connectivity index (χ0) is 14.5. The third kappa shape index (κ3) is 3.77. The molecule has 0 saturated carbocycles. The first-order chi connectivity index (χ1) is 9.56. The van der Waals surface area contributed by atoms with Gasteiger partial charge in [-0.25, -0.2) is 4.39 Å². The minimum atomic E-state index is -1.08. The molecule has 1 unspecified atom stereocenters. The van der Waals surface area contributed by atoms with Gasteiger partial charge < -0.3 is 14.7 Å². The Morgan fingerprint density at radius 3 is 2.60 bits per heavy atom. The fourth-order valence-corrected chi connectivity index (χ4v) is 2.16. The lowest BCUT2D eigenvalue weighted by molar-refractivity contribution is -0.149. The molecule has 1 aliphatic rings. The van der Waals surface area contributed by atoms with Crippen LogP contribution in [-0.4, -0.2) is 41.1 Å². The maximum atomic E-state index is 12.8. The van der Waals surface area contributed by atoms with E-state index in [9.17, 15) is 14.0 Å². The average Bonchev–Trinajstić information content (AvgIpc) is 2.93. The summed E-state index contributed by atoms with van der Waals surface area (Å²) in [5.74, 6) is -1.78. The van der Waals surface area contributed by atoms with Crippen molar-refractivity contribution in [3.05, 3.63) is 35.6 Å². The molecule has 1 atom stereocenters. The van der Waals surface area contributed by atoms with Crippen molar-refractivity contribution >= 4 is 11.9 Å². The van der Waals surface area contributed by atoms with Gasteiger partial charge in [0.15, 0.2) is 0 Å².